The van der Waals surface area contributed by atoms with Gasteiger partial charge in [0.1, 0.15) is 0 Å². The molecule has 0 saturated carbocycles. The highest BCUT2D eigenvalue weighted by Crippen LogP contribution is 2.12. The highest BCUT2D eigenvalue weighted by atomic mass is 16.5. The van der Waals surface area contributed by atoms with Gasteiger partial charge in [0.05, 0.1) is 12.5 Å². The molecule has 0 aliphatic rings. The molecule has 1 unspecified atom stereocenters. The van der Waals surface area contributed by atoms with Crippen molar-refractivity contribution in [1.29, 1.82) is 0 Å². The third-order valence-corrected chi connectivity index (χ3v) is 2.50. The molecule has 1 atom stereocenters. The lowest BCUT2D eigenvalue weighted by Crippen LogP contribution is -2.14. The molecular formula is C13H16O4. The molecule has 0 aliphatic carbocycles. The standard InChI is InChI=1S/C13H16O4/c1-9(13(15)16)7-12(14)11-5-3-10(4-6-11)8-17-2/h3-6,9H,7-8H2,1-2H3,(H,15,16). The number of carbonyl (C=O) groups is 2. The zero-order chi connectivity index (χ0) is 12.8. The van der Waals surface area contributed by atoms with Crippen LogP contribution in [0.1, 0.15) is 29.3 Å². The van der Waals surface area contributed by atoms with Crippen LogP contribution in [-0.4, -0.2) is 24.0 Å². The fourth-order valence-electron chi connectivity index (χ4n) is 1.44. The molecule has 0 aliphatic heterocycles. The summed E-state index contributed by atoms with van der Waals surface area (Å²) in [6.45, 7) is 2.03. The molecule has 0 radical (unpaired) electrons. The summed E-state index contributed by atoms with van der Waals surface area (Å²) in [6, 6.07) is 7.01. The van der Waals surface area contributed by atoms with Crippen molar-refractivity contribution in [3.63, 3.8) is 0 Å². The summed E-state index contributed by atoms with van der Waals surface area (Å²) in [5.74, 6) is -1.75. The van der Waals surface area contributed by atoms with Crippen molar-refractivity contribution in [2.75, 3.05) is 7.11 Å². The van der Waals surface area contributed by atoms with Gasteiger partial charge in [0, 0.05) is 19.1 Å². The lowest BCUT2D eigenvalue weighted by molar-refractivity contribution is -0.141. The first kappa shape index (κ1) is 13.4. The largest absolute Gasteiger partial charge is 0.481 e. The van der Waals surface area contributed by atoms with E-state index in [1.807, 2.05) is 12.1 Å². The molecule has 1 aromatic rings. The van der Waals surface area contributed by atoms with E-state index in [1.54, 1.807) is 19.2 Å². The number of hydrogen-bond acceptors (Lipinski definition) is 3. The predicted octanol–water partition coefficient (Wildman–Crippen LogP) is 2.13. The molecule has 0 amide bonds. The van der Waals surface area contributed by atoms with Crippen molar-refractivity contribution in [3.05, 3.63) is 35.4 Å². The maximum atomic E-state index is 11.7. The topological polar surface area (TPSA) is 63.6 Å². The number of rotatable bonds is 6. The SMILES string of the molecule is COCc1ccc(C(=O)CC(C)C(=O)O)cc1. The van der Waals surface area contributed by atoms with E-state index in [2.05, 4.69) is 0 Å². The third-order valence-electron chi connectivity index (χ3n) is 2.50. The number of benzene rings is 1. The number of aliphatic carboxylic acids is 1. The monoisotopic (exact) mass is 236 g/mol. The van der Waals surface area contributed by atoms with Crippen LogP contribution in [0.4, 0.5) is 0 Å². The third kappa shape index (κ3) is 4.00. The van der Waals surface area contributed by atoms with E-state index in [1.165, 1.54) is 6.92 Å². The van der Waals surface area contributed by atoms with E-state index in [0.29, 0.717) is 12.2 Å². The van der Waals surface area contributed by atoms with Gasteiger partial charge in [0.25, 0.3) is 0 Å². The molecule has 0 fully saturated rings. The number of carboxylic acids is 1. The summed E-state index contributed by atoms with van der Waals surface area (Å²) in [7, 11) is 1.60. The van der Waals surface area contributed by atoms with Crippen LogP contribution in [0, 0.1) is 5.92 Å². The Morgan fingerprint density at radius 3 is 2.35 bits per heavy atom. The maximum absolute atomic E-state index is 11.7. The molecule has 92 valence electrons. The maximum Gasteiger partial charge on any atom is 0.306 e. The zero-order valence-electron chi connectivity index (χ0n) is 9.97. The molecule has 4 heteroatoms. The van der Waals surface area contributed by atoms with Gasteiger partial charge in [-0.2, -0.15) is 0 Å². The second-order valence-corrected chi connectivity index (χ2v) is 4.00. The molecule has 1 rings (SSSR count). The Kier molecular flexibility index (Phi) is 4.84. The summed E-state index contributed by atoms with van der Waals surface area (Å²) in [5.41, 5.74) is 1.52. The second kappa shape index (κ2) is 6.15. The van der Waals surface area contributed by atoms with E-state index in [4.69, 9.17) is 9.84 Å². The molecule has 4 nitrogen and oxygen atoms in total. The van der Waals surface area contributed by atoms with E-state index in [0.717, 1.165) is 5.56 Å². The number of methoxy groups -OCH3 is 1. The van der Waals surface area contributed by atoms with Gasteiger partial charge in [-0.05, 0) is 5.56 Å². The zero-order valence-corrected chi connectivity index (χ0v) is 9.97. The molecule has 0 spiro atoms. The van der Waals surface area contributed by atoms with Gasteiger partial charge in [-0.1, -0.05) is 31.2 Å². The Morgan fingerprint density at radius 2 is 1.88 bits per heavy atom. The van der Waals surface area contributed by atoms with Gasteiger partial charge in [-0.25, -0.2) is 0 Å². The molecule has 1 N–H and O–H groups in total. The molecule has 0 aromatic heterocycles. The van der Waals surface area contributed by atoms with Crippen molar-refractivity contribution < 1.29 is 19.4 Å². The molecule has 1 aromatic carbocycles. The van der Waals surface area contributed by atoms with Crippen molar-refractivity contribution >= 4 is 11.8 Å². The number of hydrogen-bond donors (Lipinski definition) is 1. The van der Waals surface area contributed by atoms with Crippen LogP contribution in [-0.2, 0) is 16.1 Å². The summed E-state index contributed by atoms with van der Waals surface area (Å²) >= 11 is 0. The van der Waals surface area contributed by atoms with Crippen LogP contribution in [0.3, 0.4) is 0 Å². The Balaban J connectivity index is 2.66. The lowest BCUT2D eigenvalue weighted by atomic mass is 9.99. The van der Waals surface area contributed by atoms with Crippen molar-refractivity contribution in [3.8, 4) is 0 Å². The van der Waals surface area contributed by atoms with Gasteiger partial charge < -0.3 is 9.84 Å². The molecular weight excluding hydrogens is 220 g/mol. The van der Waals surface area contributed by atoms with Gasteiger partial charge in [0.15, 0.2) is 5.78 Å². The Hall–Kier alpha value is -1.68. The van der Waals surface area contributed by atoms with Gasteiger partial charge in [-0.15, -0.1) is 0 Å². The minimum Gasteiger partial charge on any atom is -0.481 e. The van der Waals surface area contributed by atoms with Gasteiger partial charge >= 0.3 is 5.97 Å². The van der Waals surface area contributed by atoms with Gasteiger partial charge in [-0.3, -0.25) is 9.59 Å². The van der Waals surface area contributed by atoms with Crippen LogP contribution < -0.4 is 0 Å². The average Bonchev–Trinajstić information content (AvgIpc) is 2.30. The molecule has 0 bridgehead atoms. The summed E-state index contributed by atoms with van der Waals surface area (Å²) in [4.78, 5) is 22.4. The van der Waals surface area contributed by atoms with E-state index in [-0.39, 0.29) is 12.2 Å². The molecule has 0 heterocycles. The molecule has 17 heavy (non-hydrogen) atoms. The Morgan fingerprint density at radius 1 is 1.29 bits per heavy atom. The van der Waals surface area contributed by atoms with Crippen LogP contribution in [0.15, 0.2) is 24.3 Å². The van der Waals surface area contributed by atoms with Gasteiger partial charge in [0.2, 0.25) is 0 Å². The van der Waals surface area contributed by atoms with E-state index < -0.39 is 11.9 Å². The molecule has 0 saturated heterocycles. The second-order valence-electron chi connectivity index (χ2n) is 4.00. The van der Waals surface area contributed by atoms with Crippen LogP contribution in [0.5, 0.6) is 0 Å². The minimum atomic E-state index is -0.950. The summed E-state index contributed by atoms with van der Waals surface area (Å²) in [5, 5.41) is 8.72. The first-order valence-corrected chi connectivity index (χ1v) is 5.38. The predicted molar refractivity (Wildman–Crippen MR) is 62.9 cm³/mol. The van der Waals surface area contributed by atoms with Crippen LogP contribution in [0.25, 0.3) is 0 Å². The first-order valence-electron chi connectivity index (χ1n) is 5.38. The van der Waals surface area contributed by atoms with E-state index in [9.17, 15) is 9.59 Å². The lowest BCUT2D eigenvalue weighted by Gasteiger charge is -2.06. The average molecular weight is 236 g/mol. The van der Waals surface area contributed by atoms with Crippen molar-refractivity contribution in [1.82, 2.24) is 0 Å². The van der Waals surface area contributed by atoms with E-state index >= 15 is 0 Å². The highest BCUT2D eigenvalue weighted by molar-refractivity contribution is 5.97. The summed E-state index contributed by atoms with van der Waals surface area (Å²) < 4.78 is 4.96. The first-order chi connectivity index (χ1) is 8.04. The number of ketones is 1. The number of ether oxygens (including phenoxy) is 1. The smallest absolute Gasteiger partial charge is 0.306 e. The Bertz CT molecular complexity index is 394. The number of carboxylic acid groups (broad SMARTS) is 1. The normalized spacial score (nSPS) is 12.1. The minimum absolute atomic E-state index is 0.0267. The number of carbonyl (C=O) groups excluding carboxylic acids is 1. The Labute approximate surface area is 100 Å². The van der Waals surface area contributed by atoms with Crippen LogP contribution in [0.2, 0.25) is 0 Å². The van der Waals surface area contributed by atoms with Crippen LogP contribution >= 0.6 is 0 Å². The highest BCUT2D eigenvalue weighted by Gasteiger charge is 2.16. The summed E-state index contributed by atoms with van der Waals surface area (Å²) in [6.07, 6.45) is 0.0267. The van der Waals surface area contributed by atoms with Crippen molar-refractivity contribution in [2.45, 2.75) is 20.0 Å². The fraction of sp³-hybridized carbons (Fsp3) is 0.385. The van der Waals surface area contributed by atoms with Crippen molar-refractivity contribution in [2.24, 2.45) is 5.92 Å². The number of Topliss-reactive ketones (excluding diaryl/α,β-unsaturated/α-hetero) is 1. The fourth-order valence-corrected chi connectivity index (χ4v) is 1.44. The quantitative estimate of drug-likeness (QED) is 0.768.